The van der Waals surface area contributed by atoms with Crippen molar-refractivity contribution in [2.75, 3.05) is 12.4 Å². The second kappa shape index (κ2) is 6.15. The summed E-state index contributed by atoms with van der Waals surface area (Å²) < 4.78 is 5.60. The van der Waals surface area contributed by atoms with Gasteiger partial charge < -0.3 is 15.2 Å². The van der Waals surface area contributed by atoms with Gasteiger partial charge in [-0.1, -0.05) is 11.6 Å². The van der Waals surface area contributed by atoms with Crippen molar-refractivity contribution < 1.29 is 14.6 Å². The lowest BCUT2D eigenvalue weighted by molar-refractivity contribution is 0.102. The number of methoxy groups -OCH3 is 1. The molecule has 6 heteroatoms. The Hall–Kier alpha value is -1.72. The Balaban J connectivity index is 2.21. The van der Waals surface area contributed by atoms with Crippen LogP contribution in [0.25, 0.3) is 0 Å². The van der Waals surface area contributed by atoms with Gasteiger partial charge in [0, 0.05) is 15.1 Å². The Bertz CT molecular complexity index is 661. The van der Waals surface area contributed by atoms with Gasteiger partial charge >= 0.3 is 0 Å². The number of amides is 1. The summed E-state index contributed by atoms with van der Waals surface area (Å²) >= 11 is 9.15. The molecule has 0 bridgehead atoms. The van der Waals surface area contributed by atoms with Gasteiger partial charge in [-0.3, -0.25) is 4.79 Å². The molecule has 0 aliphatic rings. The lowest BCUT2D eigenvalue weighted by atomic mass is 10.2. The van der Waals surface area contributed by atoms with Gasteiger partial charge in [-0.15, -0.1) is 0 Å². The molecule has 4 nitrogen and oxygen atoms in total. The molecule has 0 aliphatic heterocycles. The van der Waals surface area contributed by atoms with Crippen molar-refractivity contribution in [2.24, 2.45) is 0 Å². The van der Waals surface area contributed by atoms with Crippen LogP contribution in [0.3, 0.4) is 0 Å². The third-order valence-electron chi connectivity index (χ3n) is 2.62. The molecular weight excluding hydrogens is 346 g/mol. The predicted molar refractivity (Wildman–Crippen MR) is 81.8 cm³/mol. The number of ether oxygens (including phenoxy) is 1. The molecule has 2 aromatic carbocycles. The quantitative estimate of drug-likeness (QED) is 0.871. The molecule has 2 rings (SSSR count). The van der Waals surface area contributed by atoms with E-state index in [2.05, 4.69) is 21.2 Å². The van der Waals surface area contributed by atoms with Crippen LogP contribution in [0.15, 0.2) is 40.9 Å². The molecule has 0 saturated carbocycles. The first kappa shape index (κ1) is 14.7. The summed E-state index contributed by atoms with van der Waals surface area (Å²) in [5, 5.41) is 13.0. The van der Waals surface area contributed by atoms with E-state index in [1.165, 1.54) is 19.2 Å². The largest absolute Gasteiger partial charge is 0.504 e. The van der Waals surface area contributed by atoms with Gasteiger partial charge in [0.05, 0.1) is 12.8 Å². The standard InChI is InChI=1S/C14H11BrClNO3/c1-20-13-5-2-8(6-12(13)18)14(19)17-11-4-3-9(16)7-10(11)15/h2-7,18H,1H3,(H,17,19). The summed E-state index contributed by atoms with van der Waals surface area (Å²) in [5.41, 5.74) is 0.917. The Morgan fingerprint density at radius 3 is 2.65 bits per heavy atom. The maximum Gasteiger partial charge on any atom is 0.255 e. The molecule has 0 unspecified atom stereocenters. The average Bonchev–Trinajstić information content (AvgIpc) is 2.41. The van der Waals surface area contributed by atoms with E-state index in [0.717, 1.165) is 0 Å². The van der Waals surface area contributed by atoms with E-state index in [0.29, 0.717) is 26.5 Å². The number of rotatable bonds is 3. The number of carbonyl (C=O) groups excluding carboxylic acids is 1. The minimum absolute atomic E-state index is 0.0877. The van der Waals surface area contributed by atoms with E-state index in [1.54, 1.807) is 24.3 Å². The van der Waals surface area contributed by atoms with Crippen molar-refractivity contribution in [3.8, 4) is 11.5 Å². The molecular formula is C14H11BrClNO3. The molecule has 20 heavy (non-hydrogen) atoms. The number of nitrogens with one attached hydrogen (secondary N) is 1. The number of hydrogen-bond acceptors (Lipinski definition) is 3. The van der Waals surface area contributed by atoms with E-state index in [1.807, 2.05) is 0 Å². The topological polar surface area (TPSA) is 58.6 Å². The number of hydrogen-bond donors (Lipinski definition) is 2. The highest BCUT2D eigenvalue weighted by molar-refractivity contribution is 9.10. The predicted octanol–water partition coefficient (Wildman–Crippen LogP) is 4.07. The van der Waals surface area contributed by atoms with Gasteiger partial charge in [0.25, 0.3) is 5.91 Å². The van der Waals surface area contributed by atoms with Gasteiger partial charge in [-0.25, -0.2) is 0 Å². The molecule has 2 aromatic rings. The summed E-state index contributed by atoms with van der Waals surface area (Å²) in [6.07, 6.45) is 0. The van der Waals surface area contributed by atoms with Gasteiger partial charge in [0.2, 0.25) is 0 Å². The first-order valence-electron chi connectivity index (χ1n) is 5.64. The van der Waals surface area contributed by atoms with Crippen LogP contribution in [0.4, 0.5) is 5.69 Å². The summed E-state index contributed by atoms with van der Waals surface area (Å²) in [7, 11) is 1.44. The van der Waals surface area contributed by atoms with Crippen molar-refractivity contribution in [3.05, 3.63) is 51.5 Å². The zero-order chi connectivity index (χ0) is 14.7. The van der Waals surface area contributed by atoms with E-state index in [-0.39, 0.29) is 11.7 Å². The highest BCUT2D eigenvalue weighted by atomic mass is 79.9. The molecule has 0 fully saturated rings. The Morgan fingerprint density at radius 2 is 2.05 bits per heavy atom. The highest BCUT2D eigenvalue weighted by Gasteiger charge is 2.11. The fraction of sp³-hybridized carbons (Fsp3) is 0.0714. The number of benzene rings is 2. The summed E-state index contributed by atoms with van der Waals surface area (Å²) in [5.74, 6) is -0.115. The van der Waals surface area contributed by atoms with Crippen molar-refractivity contribution in [1.29, 1.82) is 0 Å². The first-order chi connectivity index (χ1) is 9.51. The second-order valence-corrected chi connectivity index (χ2v) is 5.26. The number of carbonyl (C=O) groups is 1. The fourth-order valence-electron chi connectivity index (χ4n) is 1.62. The van der Waals surface area contributed by atoms with E-state index in [4.69, 9.17) is 16.3 Å². The third kappa shape index (κ3) is 3.23. The van der Waals surface area contributed by atoms with Gasteiger partial charge in [-0.05, 0) is 52.3 Å². The van der Waals surface area contributed by atoms with Crippen LogP contribution in [0.1, 0.15) is 10.4 Å². The number of anilines is 1. The number of aromatic hydroxyl groups is 1. The first-order valence-corrected chi connectivity index (χ1v) is 6.82. The molecule has 0 aromatic heterocycles. The van der Waals surface area contributed by atoms with Crippen LogP contribution in [0, 0.1) is 0 Å². The SMILES string of the molecule is COc1ccc(C(=O)Nc2ccc(Cl)cc2Br)cc1O. The molecule has 2 N–H and O–H groups in total. The number of phenolic OH excluding ortho intramolecular Hbond substituents is 1. The molecule has 0 aliphatic carbocycles. The molecule has 1 amide bonds. The van der Waals surface area contributed by atoms with Crippen molar-refractivity contribution in [2.45, 2.75) is 0 Å². The minimum atomic E-state index is -0.342. The van der Waals surface area contributed by atoms with E-state index < -0.39 is 0 Å². The van der Waals surface area contributed by atoms with Crippen LogP contribution in [0.2, 0.25) is 5.02 Å². The third-order valence-corrected chi connectivity index (χ3v) is 3.51. The maximum atomic E-state index is 12.1. The van der Waals surface area contributed by atoms with Crippen molar-refractivity contribution in [1.82, 2.24) is 0 Å². The van der Waals surface area contributed by atoms with Gasteiger partial charge in [0.15, 0.2) is 11.5 Å². The highest BCUT2D eigenvalue weighted by Crippen LogP contribution is 2.28. The van der Waals surface area contributed by atoms with Crippen molar-refractivity contribution >= 4 is 39.1 Å². The Morgan fingerprint density at radius 1 is 1.30 bits per heavy atom. The molecule has 104 valence electrons. The monoisotopic (exact) mass is 355 g/mol. The van der Waals surface area contributed by atoms with Gasteiger partial charge in [-0.2, -0.15) is 0 Å². The molecule has 0 heterocycles. The van der Waals surface area contributed by atoms with Crippen LogP contribution in [-0.2, 0) is 0 Å². The van der Waals surface area contributed by atoms with Gasteiger partial charge in [0.1, 0.15) is 0 Å². The van der Waals surface area contributed by atoms with E-state index >= 15 is 0 Å². The number of phenols is 1. The lowest BCUT2D eigenvalue weighted by Crippen LogP contribution is -2.12. The average molecular weight is 357 g/mol. The maximum absolute atomic E-state index is 12.1. The fourth-order valence-corrected chi connectivity index (χ4v) is 2.40. The Labute approximate surface area is 129 Å². The minimum Gasteiger partial charge on any atom is -0.504 e. The Kier molecular flexibility index (Phi) is 4.52. The van der Waals surface area contributed by atoms with Crippen molar-refractivity contribution in [3.63, 3.8) is 0 Å². The van der Waals surface area contributed by atoms with Crippen LogP contribution < -0.4 is 10.1 Å². The number of halogens is 2. The zero-order valence-corrected chi connectivity index (χ0v) is 12.8. The summed E-state index contributed by atoms with van der Waals surface area (Å²) in [4.78, 5) is 12.1. The normalized spacial score (nSPS) is 10.2. The molecule has 0 atom stereocenters. The van der Waals surface area contributed by atoms with Crippen LogP contribution in [-0.4, -0.2) is 18.1 Å². The summed E-state index contributed by atoms with van der Waals surface area (Å²) in [6, 6.07) is 9.49. The second-order valence-electron chi connectivity index (χ2n) is 3.96. The molecule has 0 radical (unpaired) electrons. The molecule has 0 spiro atoms. The van der Waals surface area contributed by atoms with E-state index in [9.17, 15) is 9.90 Å². The smallest absolute Gasteiger partial charge is 0.255 e. The van der Waals surface area contributed by atoms with Crippen LogP contribution >= 0.6 is 27.5 Å². The molecule has 0 saturated heterocycles. The summed E-state index contributed by atoms with van der Waals surface area (Å²) in [6.45, 7) is 0. The van der Waals surface area contributed by atoms with Crippen LogP contribution in [0.5, 0.6) is 11.5 Å². The lowest BCUT2D eigenvalue weighted by Gasteiger charge is -2.09. The zero-order valence-electron chi connectivity index (χ0n) is 10.5.